The number of hydrogen-bond acceptors (Lipinski definition) is 2. The van der Waals surface area contributed by atoms with E-state index in [4.69, 9.17) is 0 Å². The maximum absolute atomic E-state index is 12.4. The molecule has 1 aliphatic heterocycles. The van der Waals surface area contributed by atoms with Crippen LogP contribution in [0.1, 0.15) is 51.9 Å². The zero-order valence-corrected chi connectivity index (χ0v) is 12.8. The third-order valence-corrected chi connectivity index (χ3v) is 6.19. The number of urea groups is 1. The molecule has 0 aromatic carbocycles. The zero-order valence-electron chi connectivity index (χ0n) is 12.8. The van der Waals surface area contributed by atoms with Crippen LogP contribution in [0.4, 0.5) is 4.79 Å². The predicted molar refractivity (Wildman–Crippen MR) is 78.9 cm³/mol. The largest absolute Gasteiger partial charge is 0.481 e. The number of carboxylic acid groups (broad SMARTS) is 1. The van der Waals surface area contributed by atoms with Gasteiger partial charge in [-0.15, -0.1) is 0 Å². The topological polar surface area (TPSA) is 69.6 Å². The van der Waals surface area contributed by atoms with E-state index < -0.39 is 11.4 Å². The average Bonchev–Trinajstić information content (AvgIpc) is 3.09. The maximum atomic E-state index is 12.4. The zero-order chi connectivity index (χ0) is 15.0. The fourth-order valence-electron chi connectivity index (χ4n) is 4.53. The Hall–Kier alpha value is -1.26. The Bertz CT molecular complexity index is 429. The van der Waals surface area contributed by atoms with Crippen molar-refractivity contribution in [3.05, 3.63) is 0 Å². The van der Waals surface area contributed by atoms with E-state index in [0.29, 0.717) is 44.3 Å². The fourth-order valence-corrected chi connectivity index (χ4v) is 4.53. The van der Waals surface area contributed by atoms with Crippen LogP contribution in [0.2, 0.25) is 0 Å². The molecule has 2 N–H and O–H groups in total. The molecule has 3 atom stereocenters. The van der Waals surface area contributed by atoms with Crippen LogP contribution in [0.25, 0.3) is 0 Å². The minimum Gasteiger partial charge on any atom is -0.481 e. The van der Waals surface area contributed by atoms with Gasteiger partial charge < -0.3 is 15.3 Å². The van der Waals surface area contributed by atoms with Crippen LogP contribution in [-0.2, 0) is 4.79 Å². The van der Waals surface area contributed by atoms with Crippen LogP contribution in [0.5, 0.6) is 0 Å². The summed E-state index contributed by atoms with van der Waals surface area (Å²) in [4.78, 5) is 25.6. The van der Waals surface area contributed by atoms with Crippen molar-refractivity contribution in [1.82, 2.24) is 10.2 Å². The van der Waals surface area contributed by atoms with Crippen molar-refractivity contribution in [3.8, 4) is 0 Å². The van der Waals surface area contributed by atoms with Gasteiger partial charge in [-0.05, 0) is 50.4 Å². The highest BCUT2D eigenvalue weighted by Crippen LogP contribution is 2.44. The van der Waals surface area contributed by atoms with Gasteiger partial charge in [0.05, 0.1) is 5.41 Å². The molecular weight excluding hydrogens is 268 g/mol. The van der Waals surface area contributed by atoms with Gasteiger partial charge in [0.1, 0.15) is 0 Å². The van der Waals surface area contributed by atoms with E-state index in [0.717, 1.165) is 12.3 Å². The molecule has 118 valence electrons. The maximum Gasteiger partial charge on any atom is 0.317 e. The first-order chi connectivity index (χ1) is 10.0. The van der Waals surface area contributed by atoms with Crippen LogP contribution >= 0.6 is 0 Å². The van der Waals surface area contributed by atoms with Gasteiger partial charge in [0.25, 0.3) is 0 Å². The lowest BCUT2D eigenvalue weighted by molar-refractivity contribution is -0.151. The number of piperidine rings is 1. The van der Waals surface area contributed by atoms with Gasteiger partial charge >= 0.3 is 12.0 Å². The van der Waals surface area contributed by atoms with E-state index in [1.807, 2.05) is 11.8 Å². The van der Waals surface area contributed by atoms with Crippen LogP contribution in [0.15, 0.2) is 0 Å². The van der Waals surface area contributed by atoms with Crippen molar-refractivity contribution in [1.29, 1.82) is 0 Å². The second-order valence-corrected chi connectivity index (χ2v) is 7.16. The Balaban J connectivity index is 1.52. The first-order valence-corrected chi connectivity index (χ1v) is 8.33. The molecule has 2 amide bonds. The standard InChI is InChI=1S/C16H26N2O3/c1-2-16(14(19)20)5-7-18(8-6-16)15(21)17-13-10-11-3-4-12(13)9-11/h11-13H,2-10H2,1H3,(H,17,21)(H,19,20). The molecule has 21 heavy (non-hydrogen) atoms. The molecule has 2 saturated carbocycles. The van der Waals surface area contributed by atoms with Crippen molar-refractivity contribution < 1.29 is 14.7 Å². The molecule has 0 spiro atoms. The number of amides is 2. The van der Waals surface area contributed by atoms with Crippen molar-refractivity contribution in [2.75, 3.05) is 13.1 Å². The summed E-state index contributed by atoms with van der Waals surface area (Å²) in [5, 5.41) is 12.6. The second kappa shape index (κ2) is 5.50. The van der Waals surface area contributed by atoms with Crippen LogP contribution < -0.4 is 5.32 Å². The van der Waals surface area contributed by atoms with Gasteiger partial charge in [0.15, 0.2) is 0 Å². The molecule has 3 fully saturated rings. The molecule has 3 aliphatic rings. The van der Waals surface area contributed by atoms with E-state index in [2.05, 4.69) is 5.32 Å². The van der Waals surface area contributed by atoms with Crippen LogP contribution in [0, 0.1) is 17.3 Å². The summed E-state index contributed by atoms with van der Waals surface area (Å²) in [7, 11) is 0. The van der Waals surface area contributed by atoms with Crippen molar-refractivity contribution in [3.63, 3.8) is 0 Å². The second-order valence-electron chi connectivity index (χ2n) is 7.16. The van der Waals surface area contributed by atoms with Gasteiger partial charge in [-0.25, -0.2) is 4.79 Å². The van der Waals surface area contributed by atoms with E-state index in [1.54, 1.807) is 0 Å². The van der Waals surface area contributed by atoms with Crippen molar-refractivity contribution >= 4 is 12.0 Å². The highest BCUT2D eigenvalue weighted by atomic mass is 16.4. The average molecular weight is 294 g/mol. The molecule has 2 aliphatic carbocycles. The normalized spacial score (nSPS) is 34.0. The number of aliphatic carboxylic acids is 1. The third-order valence-electron chi connectivity index (χ3n) is 6.19. The number of carbonyl (C=O) groups is 2. The number of fused-ring (bicyclic) bond motifs is 2. The molecule has 0 radical (unpaired) electrons. The molecule has 0 aromatic rings. The minimum absolute atomic E-state index is 0.0163. The van der Waals surface area contributed by atoms with E-state index >= 15 is 0 Å². The first-order valence-electron chi connectivity index (χ1n) is 8.33. The predicted octanol–water partition coefficient (Wildman–Crippen LogP) is 2.46. The Labute approximate surface area is 126 Å². The minimum atomic E-state index is -0.710. The lowest BCUT2D eigenvalue weighted by Crippen LogP contribution is -2.52. The van der Waals surface area contributed by atoms with Gasteiger partial charge in [-0.3, -0.25) is 4.79 Å². The van der Waals surface area contributed by atoms with Gasteiger partial charge in [0, 0.05) is 19.1 Å². The summed E-state index contributed by atoms with van der Waals surface area (Å²) in [6.07, 6.45) is 6.79. The summed E-state index contributed by atoms with van der Waals surface area (Å²) >= 11 is 0. The van der Waals surface area contributed by atoms with Gasteiger partial charge in [0.2, 0.25) is 0 Å². The Morgan fingerprint density at radius 1 is 1.24 bits per heavy atom. The third kappa shape index (κ3) is 2.62. The lowest BCUT2D eigenvalue weighted by Gasteiger charge is -2.39. The van der Waals surface area contributed by atoms with Crippen molar-refractivity contribution in [2.24, 2.45) is 17.3 Å². The fraction of sp³-hybridized carbons (Fsp3) is 0.875. The van der Waals surface area contributed by atoms with E-state index in [-0.39, 0.29) is 6.03 Å². The van der Waals surface area contributed by atoms with Crippen LogP contribution in [-0.4, -0.2) is 41.1 Å². The molecule has 2 bridgehead atoms. The number of nitrogens with one attached hydrogen (secondary N) is 1. The quantitative estimate of drug-likeness (QED) is 0.840. The highest BCUT2D eigenvalue weighted by Gasteiger charge is 2.43. The summed E-state index contributed by atoms with van der Waals surface area (Å²) in [6.45, 7) is 3.05. The molecule has 1 heterocycles. The van der Waals surface area contributed by atoms with Crippen LogP contribution in [0.3, 0.4) is 0 Å². The number of carboxylic acids is 1. The Kier molecular flexibility index (Phi) is 3.84. The summed E-state index contributed by atoms with van der Waals surface area (Å²) in [5.41, 5.74) is -0.622. The number of carbonyl (C=O) groups excluding carboxylic acids is 1. The molecular formula is C16H26N2O3. The molecule has 1 saturated heterocycles. The smallest absolute Gasteiger partial charge is 0.317 e. The Morgan fingerprint density at radius 3 is 2.43 bits per heavy atom. The molecule has 5 heteroatoms. The highest BCUT2D eigenvalue weighted by molar-refractivity contribution is 5.77. The van der Waals surface area contributed by atoms with E-state index in [1.165, 1.54) is 19.3 Å². The monoisotopic (exact) mass is 294 g/mol. The number of rotatable bonds is 3. The number of nitrogens with zero attached hydrogens (tertiary/aromatic N) is 1. The van der Waals surface area contributed by atoms with E-state index in [9.17, 15) is 14.7 Å². The SMILES string of the molecule is CCC1(C(=O)O)CCN(C(=O)NC2CC3CCC2C3)CC1. The Morgan fingerprint density at radius 2 is 1.95 bits per heavy atom. The number of likely N-dealkylation sites (tertiary alicyclic amines) is 1. The summed E-state index contributed by atoms with van der Waals surface area (Å²) < 4.78 is 0. The number of hydrogen-bond donors (Lipinski definition) is 2. The summed E-state index contributed by atoms with van der Waals surface area (Å²) in [5.74, 6) is 0.789. The summed E-state index contributed by atoms with van der Waals surface area (Å²) in [6, 6.07) is 0.372. The molecule has 0 aromatic heterocycles. The van der Waals surface area contributed by atoms with Crippen molar-refractivity contribution in [2.45, 2.75) is 57.9 Å². The first kappa shape index (κ1) is 14.7. The van der Waals surface area contributed by atoms with Gasteiger partial charge in [-0.2, -0.15) is 0 Å². The molecule has 3 unspecified atom stereocenters. The lowest BCUT2D eigenvalue weighted by atomic mass is 9.76. The van der Waals surface area contributed by atoms with Gasteiger partial charge in [-0.1, -0.05) is 13.3 Å². The molecule has 3 rings (SSSR count). The molecule has 5 nitrogen and oxygen atoms in total.